The molecule has 0 radical (unpaired) electrons. The molecule has 2 amide bonds. The average Bonchev–Trinajstić information content (AvgIpc) is 2.47. The standard InChI is InChI=1S/C18H26N2O6/c1-10-7-12(9-14(22)15(10)19-11(2)21)8-13(16(23)25-6)20-17(24)26-18(3,4)5/h7,9,13,22H,8H2,1-6H3,(H,19,21)(H,20,24)/t13-/m1/s1. The van der Waals surface area contributed by atoms with Gasteiger partial charge in [0, 0.05) is 13.3 Å². The maximum absolute atomic E-state index is 12.0. The largest absolute Gasteiger partial charge is 0.506 e. The van der Waals surface area contributed by atoms with Crippen LogP contribution in [0.25, 0.3) is 0 Å². The lowest BCUT2D eigenvalue weighted by molar-refractivity contribution is -0.143. The highest BCUT2D eigenvalue weighted by atomic mass is 16.6. The normalized spacial score (nSPS) is 12.1. The molecule has 0 aromatic heterocycles. The molecule has 26 heavy (non-hydrogen) atoms. The van der Waals surface area contributed by atoms with Gasteiger partial charge in [-0.05, 0) is 44.9 Å². The van der Waals surface area contributed by atoms with Crippen LogP contribution >= 0.6 is 0 Å². The van der Waals surface area contributed by atoms with Gasteiger partial charge < -0.3 is 25.2 Å². The summed E-state index contributed by atoms with van der Waals surface area (Å²) in [5.41, 5.74) is 0.798. The van der Waals surface area contributed by atoms with E-state index in [2.05, 4.69) is 10.6 Å². The van der Waals surface area contributed by atoms with Crippen molar-refractivity contribution in [3.05, 3.63) is 23.3 Å². The van der Waals surface area contributed by atoms with Crippen molar-refractivity contribution in [2.45, 2.75) is 52.7 Å². The zero-order valence-corrected chi connectivity index (χ0v) is 15.9. The number of aryl methyl sites for hydroxylation is 1. The maximum atomic E-state index is 12.0. The fourth-order valence-electron chi connectivity index (χ4n) is 2.32. The second-order valence-electron chi connectivity index (χ2n) is 6.91. The summed E-state index contributed by atoms with van der Waals surface area (Å²) >= 11 is 0. The summed E-state index contributed by atoms with van der Waals surface area (Å²) in [4.78, 5) is 35.1. The Balaban J connectivity index is 3.00. The Kier molecular flexibility index (Phi) is 7.00. The Bertz CT molecular complexity index is 670. The molecule has 0 saturated carbocycles. The lowest BCUT2D eigenvalue weighted by atomic mass is 10.0. The molecule has 0 aliphatic carbocycles. The molecule has 1 aromatic rings. The Hall–Kier alpha value is -2.77. The molecule has 0 heterocycles. The summed E-state index contributed by atoms with van der Waals surface area (Å²) in [5.74, 6) is -1.08. The number of carbonyl (C=O) groups is 3. The number of aromatic hydroxyl groups is 1. The van der Waals surface area contributed by atoms with E-state index in [1.165, 1.54) is 20.1 Å². The number of hydrogen-bond acceptors (Lipinski definition) is 6. The van der Waals surface area contributed by atoms with E-state index in [0.717, 1.165) is 0 Å². The highest BCUT2D eigenvalue weighted by Crippen LogP contribution is 2.29. The van der Waals surface area contributed by atoms with Gasteiger partial charge in [0.25, 0.3) is 0 Å². The molecule has 8 heteroatoms. The molecule has 3 N–H and O–H groups in total. The summed E-state index contributed by atoms with van der Waals surface area (Å²) in [6, 6.07) is 2.14. The second-order valence-corrected chi connectivity index (χ2v) is 6.91. The third-order valence-electron chi connectivity index (χ3n) is 3.29. The van der Waals surface area contributed by atoms with Gasteiger partial charge >= 0.3 is 12.1 Å². The first-order chi connectivity index (χ1) is 11.9. The number of esters is 1. The Morgan fingerprint density at radius 2 is 1.85 bits per heavy atom. The molecule has 0 aliphatic heterocycles. The van der Waals surface area contributed by atoms with Crippen LogP contribution in [0.4, 0.5) is 10.5 Å². The first-order valence-electron chi connectivity index (χ1n) is 8.10. The van der Waals surface area contributed by atoms with Crippen LogP contribution in [0.2, 0.25) is 0 Å². The van der Waals surface area contributed by atoms with Gasteiger partial charge in [0.1, 0.15) is 17.4 Å². The third kappa shape index (κ3) is 6.62. The van der Waals surface area contributed by atoms with E-state index in [0.29, 0.717) is 16.8 Å². The zero-order valence-electron chi connectivity index (χ0n) is 15.9. The fraction of sp³-hybridized carbons (Fsp3) is 0.500. The van der Waals surface area contributed by atoms with E-state index in [-0.39, 0.29) is 18.1 Å². The molecule has 8 nitrogen and oxygen atoms in total. The van der Waals surface area contributed by atoms with Crippen LogP contribution in [0.1, 0.15) is 38.8 Å². The van der Waals surface area contributed by atoms with Gasteiger partial charge in [-0.25, -0.2) is 9.59 Å². The Labute approximate surface area is 152 Å². The van der Waals surface area contributed by atoms with Crippen LogP contribution in [-0.4, -0.2) is 41.8 Å². The fourth-order valence-corrected chi connectivity index (χ4v) is 2.32. The predicted molar refractivity (Wildman–Crippen MR) is 96.0 cm³/mol. The number of rotatable bonds is 5. The second kappa shape index (κ2) is 8.55. The number of phenols is 1. The van der Waals surface area contributed by atoms with E-state index < -0.39 is 23.7 Å². The van der Waals surface area contributed by atoms with Gasteiger partial charge in [-0.15, -0.1) is 0 Å². The van der Waals surface area contributed by atoms with Crippen molar-refractivity contribution in [2.24, 2.45) is 0 Å². The third-order valence-corrected chi connectivity index (χ3v) is 3.29. The molecule has 1 atom stereocenters. The van der Waals surface area contributed by atoms with E-state index >= 15 is 0 Å². The predicted octanol–water partition coefficient (Wildman–Crippen LogP) is 2.27. The SMILES string of the molecule is COC(=O)[C@@H](Cc1cc(C)c(NC(C)=O)c(O)c1)NC(=O)OC(C)(C)C. The van der Waals surface area contributed by atoms with Crippen molar-refractivity contribution in [2.75, 3.05) is 12.4 Å². The van der Waals surface area contributed by atoms with Crippen LogP contribution in [0.15, 0.2) is 12.1 Å². The molecule has 1 rings (SSSR count). The zero-order chi connectivity index (χ0) is 20.1. The molecule has 0 unspecified atom stereocenters. The van der Waals surface area contributed by atoms with Crippen LogP contribution in [0.5, 0.6) is 5.75 Å². The molecule has 0 spiro atoms. The monoisotopic (exact) mass is 366 g/mol. The van der Waals surface area contributed by atoms with Crippen molar-refractivity contribution in [1.29, 1.82) is 0 Å². The molecule has 0 bridgehead atoms. The number of nitrogens with one attached hydrogen (secondary N) is 2. The molecule has 0 saturated heterocycles. The number of amides is 2. The molecule has 1 aromatic carbocycles. The number of benzene rings is 1. The van der Waals surface area contributed by atoms with Crippen LogP contribution < -0.4 is 10.6 Å². The van der Waals surface area contributed by atoms with Gasteiger partial charge in [0.2, 0.25) is 5.91 Å². The number of alkyl carbamates (subject to hydrolysis) is 1. The van der Waals surface area contributed by atoms with Crippen molar-refractivity contribution in [3.63, 3.8) is 0 Å². The number of ether oxygens (including phenoxy) is 2. The summed E-state index contributed by atoms with van der Waals surface area (Å²) in [5, 5.41) is 15.1. The first kappa shape index (κ1) is 21.3. The average molecular weight is 366 g/mol. The smallest absolute Gasteiger partial charge is 0.408 e. The van der Waals surface area contributed by atoms with Crippen molar-refractivity contribution in [1.82, 2.24) is 5.32 Å². The van der Waals surface area contributed by atoms with Gasteiger partial charge in [0.15, 0.2) is 0 Å². The number of hydrogen-bond donors (Lipinski definition) is 3. The van der Waals surface area contributed by atoms with E-state index in [1.807, 2.05) is 0 Å². The quantitative estimate of drug-likeness (QED) is 0.544. The van der Waals surface area contributed by atoms with Crippen LogP contribution in [-0.2, 0) is 25.5 Å². The minimum Gasteiger partial charge on any atom is -0.506 e. The van der Waals surface area contributed by atoms with Gasteiger partial charge in [-0.3, -0.25) is 4.79 Å². The van der Waals surface area contributed by atoms with Crippen molar-refractivity contribution in [3.8, 4) is 5.75 Å². The van der Waals surface area contributed by atoms with Gasteiger partial charge in [-0.1, -0.05) is 6.07 Å². The minimum absolute atomic E-state index is 0.0840. The summed E-state index contributed by atoms with van der Waals surface area (Å²) in [7, 11) is 1.22. The molecule has 0 fully saturated rings. The van der Waals surface area contributed by atoms with Crippen molar-refractivity contribution < 1.29 is 29.0 Å². The Morgan fingerprint density at radius 1 is 1.23 bits per heavy atom. The van der Waals surface area contributed by atoms with Crippen molar-refractivity contribution >= 4 is 23.7 Å². The first-order valence-corrected chi connectivity index (χ1v) is 8.10. The van der Waals surface area contributed by atoms with E-state index in [9.17, 15) is 19.5 Å². The number of anilines is 1. The molecule has 0 aliphatic rings. The topological polar surface area (TPSA) is 114 Å². The summed E-state index contributed by atoms with van der Waals surface area (Å²) in [6.45, 7) is 8.18. The highest BCUT2D eigenvalue weighted by molar-refractivity contribution is 5.91. The molecular weight excluding hydrogens is 340 g/mol. The lowest BCUT2D eigenvalue weighted by Gasteiger charge is -2.23. The Morgan fingerprint density at radius 3 is 2.31 bits per heavy atom. The summed E-state index contributed by atoms with van der Waals surface area (Å²) < 4.78 is 9.88. The maximum Gasteiger partial charge on any atom is 0.408 e. The van der Waals surface area contributed by atoms with Gasteiger partial charge in [0.05, 0.1) is 12.8 Å². The number of methoxy groups -OCH3 is 1. The van der Waals surface area contributed by atoms with Gasteiger partial charge in [-0.2, -0.15) is 0 Å². The highest BCUT2D eigenvalue weighted by Gasteiger charge is 2.26. The molecule has 144 valence electrons. The lowest BCUT2D eigenvalue weighted by Crippen LogP contribution is -2.45. The minimum atomic E-state index is -0.986. The van der Waals surface area contributed by atoms with E-state index in [4.69, 9.17) is 9.47 Å². The van der Waals surface area contributed by atoms with E-state index in [1.54, 1.807) is 33.8 Å². The number of phenolic OH excluding ortho intramolecular Hbond substituents is 1. The van der Waals surface area contributed by atoms with Crippen LogP contribution in [0.3, 0.4) is 0 Å². The molecular formula is C18H26N2O6. The number of carbonyl (C=O) groups excluding carboxylic acids is 3. The van der Waals surface area contributed by atoms with Crippen LogP contribution in [0, 0.1) is 6.92 Å². The summed E-state index contributed by atoms with van der Waals surface area (Å²) in [6.07, 6.45) is -0.663.